The van der Waals surface area contributed by atoms with Crippen LogP contribution < -0.4 is 5.32 Å². The van der Waals surface area contributed by atoms with Crippen molar-refractivity contribution in [2.75, 3.05) is 6.54 Å². The Morgan fingerprint density at radius 1 is 1.19 bits per heavy atom. The van der Waals surface area contributed by atoms with E-state index in [1.54, 1.807) is 9.75 Å². The van der Waals surface area contributed by atoms with Gasteiger partial charge in [0.15, 0.2) is 0 Å². The van der Waals surface area contributed by atoms with Gasteiger partial charge in [0.05, 0.1) is 0 Å². The zero-order valence-electron chi connectivity index (χ0n) is 14.3. The Hall–Kier alpha value is -0.340. The second-order valence-corrected chi connectivity index (χ2v) is 8.32. The SMILES string of the molecule is CCCNC1CCC(C(C)C)CC1Cc1ccc(CC)s1. The molecular formula is C19H33NS. The van der Waals surface area contributed by atoms with Gasteiger partial charge in [-0.25, -0.2) is 0 Å². The summed E-state index contributed by atoms with van der Waals surface area (Å²) in [6.07, 6.45) is 7.92. The minimum absolute atomic E-state index is 0.743. The number of hydrogen-bond donors (Lipinski definition) is 1. The van der Waals surface area contributed by atoms with E-state index in [1.165, 1.54) is 45.1 Å². The molecule has 0 saturated heterocycles. The zero-order valence-corrected chi connectivity index (χ0v) is 15.1. The molecule has 2 rings (SSSR count). The molecule has 0 bridgehead atoms. The Labute approximate surface area is 135 Å². The highest BCUT2D eigenvalue weighted by Gasteiger charge is 2.31. The van der Waals surface area contributed by atoms with Gasteiger partial charge in [0.2, 0.25) is 0 Å². The Morgan fingerprint density at radius 2 is 1.95 bits per heavy atom. The third-order valence-corrected chi connectivity index (χ3v) is 6.40. The lowest BCUT2D eigenvalue weighted by Gasteiger charge is -2.38. The third-order valence-electron chi connectivity index (χ3n) is 5.15. The summed E-state index contributed by atoms with van der Waals surface area (Å²) >= 11 is 2.03. The first-order chi connectivity index (χ1) is 10.1. The zero-order chi connectivity index (χ0) is 15.2. The molecule has 1 N–H and O–H groups in total. The second kappa shape index (κ2) is 8.33. The minimum Gasteiger partial charge on any atom is -0.314 e. The smallest absolute Gasteiger partial charge is 0.00989 e. The van der Waals surface area contributed by atoms with Crippen LogP contribution >= 0.6 is 11.3 Å². The van der Waals surface area contributed by atoms with Crippen molar-refractivity contribution in [3.63, 3.8) is 0 Å². The van der Waals surface area contributed by atoms with Crippen molar-refractivity contribution in [1.29, 1.82) is 0 Å². The van der Waals surface area contributed by atoms with E-state index < -0.39 is 0 Å². The van der Waals surface area contributed by atoms with Crippen molar-refractivity contribution >= 4 is 11.3 Å². The Morgan fingerprint density at radius 3 is 2.57 bits per heavy atom. The minimum atomic E-state index is 0.743. The quantitative estimate of drug-likeness (QED) is 0.721. The molecular weight excluding hydrogens is 274 g/mol. The van der Waals surface area contributed by atoms with E-state index in [1.807, 2.05) is 11.3 Å². The number of thiophene rings is 1. The maximum Gasteiger partial charge on any atom is 0.00989 e. The fraction of sp³-hybridized carbons (Fsp3) is 0.789. The third kappa shape index (κ3) is 4.82. The molecule has 1 nitrogen and oxygen atoms in total. The summed E-state index contributed by atoms with van der Waals surface area (Å²) in [7, 11) is 0. The van der Waals surface area contributed by atoms with E-state index in [9.17, 15) is 0 Å². The molecule has 1 heterocycles. The molecule has 0 amide bonds. The van der Waals surface area contributed by atoms with E-state index in [0.29, 0.717) is 0 Å². The van der Waals surface area contributed by atoms with Gasteiger partial charge in [-0.1, -0.05) is 27.7 Å². The molecule has 0 aromatic carbocycles. The second-order valence-electron chi connectivity index (χ2n) is 7.06. The van der Waals surface area contributed by atoms with Crippen LogP contribution in [0, 0.1) is 17.8 Å². The standard InChI is InChI=1S/C19H33NS/c1-5-11-20-19-10-7-15(14(3)4)12-16(19)13-18-9-8-17(6-2)21-18/h8-9,14-16,19-20H,5-7,10-13H2,1-4H3. The van der Waals surface area contributed by atoms with Crippen LogP contribution in [-0.4, -0.2) is 12.6 Å². The predicted molar refractivity (Wildman–Crippen MR) is 95.2 cm³/mol. The number of nitrogens with one attached hydrogen (secondary N) is 1. The van der Waals surface area contributed by atoms with Gasteiger partial charge in [-0.2, -0.15) is 0 Å². The highest BCUT2D eigenvalue weighted by atomic mass is 32.1. The Bertz CT molecular complexity index is 409. The average molecular weight is 308 g/mol. The van der Waals surface area contributed by atoms with Gasteiger partial charge in [-0.3, -0.25) is 0 Å². The summed E-state index contributed by atoms with van der Waals surface area (Å²) in [5.74, 6) is 2.61. The fourth-order valence-corrected chi connectivity index (χ4v) is 4.76. The van der Waals surface area contributed by atoms with E-state index in [2.05, 4.69) is 45.1 Å². The molecule has 0 spiro atoms. The summed E-state index contributed by atoms with van der Waals surface area (Å²) < 4.78 is 0. The van der Waals surface area contributed by atoms with Crippen LogP contribution in [0.1, 0.15) is 63.1 Å². The molecule has 1 saturated carbocycles. The van der Waals surface area contributed by atoms with E-state index in [-0.39, 0.29) is 0 Å². The summed E-state index contributed by atoms with van der Waals surface area (Å²) in [5.41, 5.74) is 0. The van der Waals surface area contributed by atoms with Crippen LogP contribution in [0.25, 0.3) is 0 Å². The lowest BCUT2D eigenvalue weighted by atomic mass is 9.72. The van der Waals surface area contributed by atoms with Crippen molar-refractivity contribution in [2.24, 2.45) is 17.8 Å². The van der Waals surface area contributed by atoms with Crippen LogP contribution in [0.2, 0.25) is 0 Å². The molecule has 2 heteroatoms. The highest BCUT2D eigenvalue weighted by Crippen LogP contribution is 2.36. The van der Waals surface area contributed by atoms with Crippen LogP contribution in [0.15, 0.2) is 12.1 Å². The Kier molecular flexibility index (Phi) is 6.75. The molecule has 1 aliphatic carbocycles. The van der Waals surface area contributed by atoms with Gasteiger partial charge < -0.3 is 5.32 Å². The monoisotopic (exact) mass is 307 g/mol. The molecule has 3 atom stereocenters. The average Bonchev–Trinajstić information content (AvgIpc) is 2.93. The van der Waals surface area contributed by atoms with Gasteiger partial charge in [0, 0.05) is 15.8 Å². The fourth-order valence-electron chi connectivity index (χ4n) is 3.71. The molecule has 1 aliphatic rings. The summed E-state index contributed by atoms with van der Waals surface area (Å²) in [4.78, 5) is 3.14. The maximum atomic E-state index is 3.83. The van der Waals surface area contributed by atoms with Gasteiger partial charge >= 0.3 is 0 Å². The summed E-state index contributed by atoms with van der Waals surface area (Å²) in [6, 6.07) is 5.45. The first-order valence-corrected chi connectivity index (χ1v) is 9.76. The summed E-state index contributed by atoms with van der Waals surface area (Å²) in [5, 5.41) is 3.83. The van der Waals surface area contributed by atoms with Crippen molar-refractivity contribution in [1.82, 2.24) is 5.32 Å². The number of aryl methyl sites for hydroxylation is 1. The number of rotatable bonds is 7. The van der Waals surface area contributed by atoms with Crippen molar-refractivity contribution in [3.8, 4) is 0 Å². The predicted octanol–water partition coefficient (Wildman–Crippen LogP) is 5.29. The number of hydrogen-bond acceptors (Lipinski definition) is 2. The van der Waals surface area contributed by atoms with Crippen molar-refractivity contribution in [2.45, 2.75) is 72.3 Å². The van der Waals surface area contributed by atoms with Gasteiger partial charge in [0.25, 0.3) is 0 Å². The van der Waals surface area contributed by atoms with E-state index in [4.69, 9.17) is 0 Å². The molecule has 0 radical (unpaired) electrons. The summed E-state index contributed by atoms with van der Waals surface area (Å²) in [6.45, 7) is 10.5. The van der Waals surface area contributed by atoms with Gasteiger partial charge in [0.1, 0.15) is 0 Å². The van der Waals surface area contributed by atoms with E-state index >= 15 is 0 Å². The molecule has 1 aromatic heterocycles. The first-order valence-electron chi connectivity index (χ1n) is 8.95. The molecule has 1 aromatic rings. The van der Waals surface area contributed by atoms with Crippen molar-refractivity contribution in [3.05, 3.63) is 21.9 Å². The molecule has 0 aliphatic heterocycles. The van der Waals surface area contributed by atoms with Crippen molar-refractivity contribution < 1.29 is 0 Å². The molecule has 1 fully saturated rings. The molecule has 21 heavy (non-hydrogen) atoms. The van der Waals surface area contributed by atoms with Gasteiger partial charge in [-0.15, -0.1) is 11.3 Å². The topological polar surface area (TPSA) is 12.0 Å². The lowest BCUT2D eigenvalue weighted by Crippen LogP contribution is -2.42. The van der Waals surface area contributed by atoms with Crippen LogP contribution in [-0.2, 0) is 12.8 Å². The Balaban J connectivity index is 2.01. The highest BCUT2D eigenvalue weighted by molar-refractivity contribution is 7.11. The van der Waals surface area contributed by atoms with Crippen LogP contribution in [0.5, 0.6) is 0 Å². The van der Waals surface area contributed by atoms with E-state index in [0.717, 1.165) is 23.8 Å². The maximum absolute atomic E-state index is 3.83. The van der Waals surface area contributed by atoms with Crippen LogP contribution in [0.3, 0.4) is 0 Å². The largest absolute Gasteiger partial charge is 0.314 e. The first kappa shape index (κ1) is 17.0. The lowest BCUT2D eigenvalue weighted by molar-refractivity contribution is 0.168. The molecule has 3 unspecified atom stereocenters. The van der Waals surface area contributed by atoms with Gasteiger partial charge in [-0.05, 0) is 75.0 Å². The normalized spacial score (nSPS) is 26.4. The molecule has 120 valence electrons. The van der Waals surface area contributed by atoms with Crippen LogP contribution in [0.4, 0.5) is 0 Å².